The van der Waals surface area contributed by atoms with Crippen molar-refractivity contribution in [3.8, 4) is 0 Å². The van der Waals surface area contributed by atoms with Gasteiger partial charge in [0.05, 0.1) is 12.7 Å². The van der Waals surface area contributed by atoms with Gasteiger partial charge in [0.1, 0.15) is 0 Å². The van der Waals surface area contributed by atoms with Crippen LogP contribution in [0.5, 0.6) is 0 Å². The zero-order valence-corrected chi connectivity index (χ0v) is 10.6. The zero-order valence-electron chi connectivity index (χ0n) is 10.6. The molecule has 1 saturated heterocycles. The van der Waals surface area contributed by atoms with Gasteiger partial charge in [-0.1, -0.05) is 25.0 Å². The van der Waals surface area contributed by atoms with E-state index in [0.29, 0.717) is 24.1 Å². The highest BCUT2D eigenvalue weighted by atomic mass is 16.5. The van der Waals surface area contributed by atoms with Crippen LogP contribution in [-0.2, 0) is 4.74 Å². The quantitative estimate of drug-likeness (QED) is 0.739. The molecule has 0 aromatic heterocycles. The molecule has 2 fully saturated rings. The zero-order chi connectivity index (χ0) is 11.7. The third-order valence-corrected chi connectivity index (χ3v) is 4.52. The van der Waals surface area contributed by atoms with Gasteiger partial charge in [-0.05, 0) is 25.2 Å². The van der Waals surface area contributed by atoms with Crippen LogP contribution in [-0.4, -0.2) is 42.8 Å². The number of hydrogen-bond acceptors (Lipinski definition) is 3. The summed E-state index contributed by atoms with van der Waals surface area (Å²) in [6.07, 6.45) is 11.4. The van der Waals surface area contributed by atoms with Gasteiger partial charge in [-0.2, -0.15) is 0 Å². The van der Waals surface area contributed by atoms with Crippen LogP contribution in [0.25, 0.3) is 0 Å². The first-order valence-corrected chi connectivity index (χ1v) is 7.12. The minimum absolute atomic E-state index is 0.295. The van der Waals surface area contributed by atoms with E-state index in [9.17, 15) is 0 Å². The van der Waals surface area contributed by atoms with Gasteiger partial charge in [0.2, 0.25) is 0 Å². The van der Waals surface area contributed by atoms with Crippen LogP contribution in [0.1, 0.15) is 32.1 Å². The van der Waals surface area contributed by atoms with Gasteiger partial charge >= 0.3 is 0 Å². The molecule has 3 heteroatoms. The summed E-state index contributed by atoms with van der Waals surface area (Å²) < 4.78 is 5.91. The maximum Gasteiger partial charge on any atom is 0.0730 e. The molecule has 1 aliphatic heterocycles. The summed E-state index contributed by atoms with van der Waals surface area (Å²) in [4.78, 5) is 2.67. The van der Waals surface area contributed by atoms with Crippen LogP contribution in [0.4, 0.5) is 0 Å². The summed E-state index contributed by atoms with van der Waals surface area (Å²) in [5.74, 6) is 0.672. The molecular weight excluding hydrogens is 212 g/mol. The van der Waals surface area contributed by atoms with E-state index in [1.54, 1.807) is 0 Å². The van der Waals surface area contributed by atoms with Gasteiger partial charge in [-0.15, -0.1) is 0 Å². The Bertz CT molecular complexity index is 290. The fraction of sp³-hybridized carbons (Fsp3) is 0.857. The maximum absolute atomic E-state index is 5.93. The standard InChI is InChI=1S/C14H24N2O/c15-12-6-5-11(9-12)10-16-7-8-17-14-4-2-1-3-13(14)16/h5-6,11-14H,1-4,7-10,15H2. The van der Waals surface area contributed by atoms with Crippen molar-refractivity contribution < 1.29 is 4.74 Å². The van der Waals surface area contributed by atoms with E-state index >= 15 is 0 Å². The predicted molar refractivity (Wildman–Crippen MR) is 68.8 cm³/mol. The van der Waals surface area contributed by atoms with Crippen molar-refractivity contribution in [3.05, 3.63) is 12.2 Å². The van der Waals surface area contributed by atoms with Crippen LogP contribution in [0, 0.1) is 5.92 Å². The first kappa shape index (κ1) is 11.7. The average molecular weight is 236 g/mol. The van der Waals surface area contributed by atoms with Crippen molar-refractivity contribution in [1.82, 2.24) is 4.90 Å². The molecule has 96 valence electrons. The van der Waals surface area contributed by atoms with Crippen molar-refractivity contribution in [2.24, 2.45) is 11.7 Å². The van der Waals surface area contributed by atoms with Crippen LogP contribution < -0.4 is 5.73 Å². The molecule has 3 rings (SSSR count). The van der Waals surface area contributed by atoms with Crippen LogP contribution >= 0.6 is 0 Å². The summed E-state index contributed by atoms with van der Waals surface area (Å²) in [6.45, 7) is 3.22. The Balaban J connectivity index is 1.59. The van der Waals surface area contributed by atoms with E-state index < -0.39 is 0 Å². The summed E-state index contributed by atoms with van der Waals surface area (Å²) in [6, 6.07) is 0.978. The van der Waals surface area contributed by atoms with Crippen molar-refractivity contribution in [1.29, 1.82) is 0 Å². The molecule has 0 bridgehead atoms. The second kappa shape index (κ2) is 5.09. The largest absolute Gasteiger partial charge is 0.375 e. The normalized spacial score (nSPS) is 42.6. The van der Waals surface area contributed by atoms with E-state index in [1.807, 2.05) is 0 Å². The highest BCUT2D eigenvalue weighted by molar-refractivity contribution is 5.06. The lowest BCUT2D eigenvalue weighted by Crippen LogP contribution is -2.53. The first-order chi connectivity index (χ1) is 8.33. The highest BCUT2D eigenvalue weighted by Crippen LogP contribution is 2.30. The van der Waals surface area contributed by atoms with Crippen LogP contribution in [0.3, 0.4) is 0 Å². The monoisotopic (exact) mass is 236 g/mol. The van der Waals surface area contributed by atoms with E-state index in [4.69, 9.17) is 10.5 Å². The third kappa shape index (κ3) is 2.56. The lowest BCUT2D eigenvalue weighted by Gasteiger charge is -2.44. The average Bonchev–Trinajstić information content (AvgIpc) is 2.75. The van der Waals surface area contributed by atoms with E-state index in [1.165, 1.54) is 32.2 Å². The molecule has 0 aromatic carbocycles. The number of nitrogens with two attached hydrogens (primary N) is 1. The second-order valence-electron chi connectivity index (χ2n) is 5.80. The topological polar surface area (TPSA) is 38.5 Å². The van der Waals surface area contributed by atoms with Gasteiger partial charge in [0.15, 0.2) is 0 Å². The van der Waals surface area contributed by atoms with Gasteiger partial charge < -0.3 is 10.5 Å². The molecule has 4 unspecified atom stereocenters. The van der Waals surface area contributed by atoms with Crippen LogP contribution in [0.2, 0.25) is 0 Å². The molecule has 1 saturated carbocycles. The number of ether oxygens (including phenoxy) is 1. The van der Waals surface area contributed by atoms with Gasteiger partial charge in [-0.3, -0.25) is 4.90 Å². The van der Waals surface area contributed by atoms with Crippen molar-refractivity contribution in [2.75, 3.05) is 19.7 Å². The molecule has 2 aliphatic carbocycles. The smallest absolute Gasteiger partial charge is 0.0730 e. The Labute approximate surface area is 104 Å². The van der Waals surface area contributed by atoms with E-state index in [2.05, 4.69) is 17.1 Å². The lowest BCUT2D eigenvalue weighted by atomic mass is 9.89. The predicted octanol–water partition coefficient (Wildman–Crippen LogP) is 1.53. The molecule has 0 radical (unpaired) electrons. The molecule has 4 atom stereocenters. The van der Waals surface area contributed by atoms with E-state index in [-0.39, 0.29) is 0 Å². The third-order valence-electron chi connectivity index (χ3n) is 4.52. The van der Waals surface area contributed by atoms with Gasteiger partial charge in [0.25, 0.3) is 0 Å². The SMILES string of the molecule is NC1C=CC(CN2CCOC3CCCCC32)C1. The van der Waals surface area contributed by atoms with E-state index in [0.717, 1.165) is 19.6 Å². The fourth-order valence-electron chi connectivity index (χ4n) is 3.65. The van der Waals surface area contributed by atoms with Crippen LogP contribution in [0.15, 0.2) is 12.2 Å². The van der Waals surface area contributed by atoms with Crippen molar-refractivity contribution in [3.63, 3.8) is 0 Å². The summed E-state index contributed by atoms with van der Waals surface area (Å²) >= 11 is 0. The van der Waals surface area contributed by atoms with Crippen molar-refractivity contribution >= 4 is 0 Å². The number of nitrogens with zero attached hydrogens (tertiary/aromatic N) is 1. The fourth-order valence-corrected chi connectivity index (χ4v) is 3.65. The molecule has 2 N–H and O–H groups in total. The Morgan fingerprint density at radius 3 is 2.94 bits per heavy atom. The number of fused-ring (bicyclic) bond motifs is 1. The molecule has 0 spiro atoms. The molecule has 1 heterocycles. The maximum atomic E-state index is 5.93. The Morgan fingerprint density at radius 2 is 2.12 bits per heavy atom. The highest BCUT2D eigenvalue weighted by Gasteiger charge is 2.35. The first-order valence-electron chi connectivity index (χ1n) is 7.12. The summed E-state index contributed by atoms with van der Waals surface area (Å²) in [5.41, 5.74) is 5.93. The lowest BCUT2D eigenvalue weighted by molar-refractivity contribution is -0.0905. The molecule has 3 aliphatic rings. The minimum Gasteiger partial charge on any atom is -0.375 e. The summed E-state index contributed by atoms with van der Waals surface area (Å²) in [7, 11) is 0. The Hall–Kier alpha value is -0.380. The Morgan fingerprint density at radius 1 is 1.24 bits per heavy atom. The number of hydrogen-bond donors (Lipinski definition) is 1. The molecule has 17 heavy (non-hydrogen) atoms. The molecular formula is C14H24N2O. The minimum atomic E-state index is 0.295. The molecule has 3 nitrogen and oxygen atoms in total. The summed E-state index contributed by atoms with van der Waals surface area (Å²) in [5, 5.41) is 0. The number of rotatable bonds is 2. The Kier molecular flexibility index (Phi) is 3.50. The van der Waals surface area contributed by atoms with Gasteiger partial charge in [0, 0.05) is 25.2 Å². The van der Waals surface area contributed by atoms with Gasteiger partial charge in [-0.25, -0.2) is 0 Å². The molecule has 0 aromatic rings. The second-order valence-corrected chi connectivity index (χ2v) is 5.80. The van der Waals surface area contributed by atoms with Crippen molar-refractivity contribution in [2.45, 2.75) is 50.3 Å². The molecule has 0 amide bonds. The number of morpholine rings is 1.